The lowest BCUT2D eigenvalue weighted by Gasteiger charge is -2.11. The van der Waals surface area contributed by atoms with Gasteiger partial charge in [-0.3, -0.25) is 0 Å². The van der Waals surface area contributed by atoms with Gasteiger partial charge in [0.25, 0.3) is 0 Å². The van der Waals surface area contributed by atoms with Crippen LogP contribution in [0.2, 0.25) is 0 Å². The van der Waals surface area contributed by atoms with Crippen LogP contribution in [0.25, 0.3) is 0 Å². The maximum absolute atomic E-state index is 5.97. The van der Waals surface area contributed by atoms with E-state index in [1.54, 1.807) is 0 Å². The predicted molar refractivity (Wildman–Crippen MR) is 90.2 cm³/mol. The summed E-state index contributed by atoms with van der Waals surface area (Å²) in [5, 5.41) is 0. The molecule has 3 nitrogen and oxygen atoms in total. The highest BCUT2D eigenvalue weighted by molar-refractivity contribution is 14.1. The SMILES string of the molecule is CC(C)c1nc(Cc2ccc(Br)cc2)nc(N)c1I. The number of benzene rings is 1. The summed E-state index contributed by atoms with van der Waals surface area (Å²) in [6, 6.07) is 8.18. The molecular weight excluding hydrogens is 417 g/mol. The zero-order valence-corrected chi connectivity index (χ0v) is 14.6. The lowest BCUT2D eigenvalue weighted by molar-refractivity contribution is 0.785. The highest BCUT2D eigenvalue weighted by Crippen LogP contribution is 2.24. The molecule has 5 heteroatoms. The molecule has 0 radical (unpaired) electrons. The van der Waals surface area contributed by atoms with Gasteiger partial charge in [-0.25, -0.2) is 9.97 Å². The van der Waals surface area contributed by atoms with Crippen LogP contribution in [0.3, 0.4) is 0 Å². The third-order valence-corrected chi connectivity index (χ3v) is 4.41. The van der Waals surface area contributed by atoms with Crippen LogP contribution in [0.1, 0.15) is 36.8 Å². The Morgan fingerprint density at radius 1 is 1.21 bits per heavy atom. The van der Waals surface area contributed by atoms with Gasteiger partial charge in [0.15, 0.2) is 0 Å². The number of rotatable bonds is 3. The first kappa shape index (κ1) is 14.7. The van der Waals surface area contributed by atoms with Crippen LogP contribution in [0, 0.1) is 3.57 Å². The zero-order valence-electron chi connectivity index (χ0n) is 10.8. The molecule has 0 bridgehead atoms. The molecule has 1 aromatic heterocycles. The Hall–Kier alpha value is -0.690. The molecule has 1 aromatic carbocycles. The number of hydrogen-bond acceptors (Lipinski definition) is 3. The van der Waals surface area contributed by atoms with Crippen LogP contribution >= 0.6 is 38.5 Å². The molecule has 0 saturated carbocycles. The Labute approximate surface area is 135 Å². The van der Waals surface area contributed by atoms with Gasteiger partial charge in [-0.1, -0.05) is 41.9 Å². The number of hydrogen-bond donors (Lipinski definition) is 1. The summed E-state index contributed by atoms with van der Waals surface area (Å²) in [5.74, 6) is 1.70. The fourth-order valence-corrected chi connectivity index (χ4v) is 2.91. The maximum Gasteiger partial charge on any atom is 0.140 e. The Bertz CT molecular complexity index is 582. The molecule has 2 N–H and O–H groups in total. The Morgan fingerprint density at radius 2 is 1.84 bits per heavy atom. The monoisotopic (exact) mass is 431 g/mol. The summed E-state index contributed by atoms with van der Waals surface area (Å²) in [7, 11) is 0. The Morgan fingerprint density at radius 3 is 2.42 bits per heavy atom. The van der Waals surface area contributed by atoms with Crippen molar-refractivity contribution < 1.29 is 0 Å². The highest BCUT2D eigenvalue weighted by Gasteiger charge is 2.13. The van der Waals surface area contributed by atoms with Crippen LogP contribution in [-0.4, -0.2) is 9.97 Å². The van der Waals surface area contributed by atoms with Crippen molar-refractivity contribution >= 4 is 44.3 Å². The maximum atomic E-state index is 5.97. The van der Waals surface area contributed by atoms with E-state index in [0.717, 1.165) is 19.6 Å². The normalized spacial score (nSPS) is 11.0. The smallest absolute Gasteiger partial charge is 0.140 e. The molecule has 1 heterocycles. The molecule has 0 saturated heterocycles. The van der Waals surface area contributed by atoms with E-state index in [2.05, 4.69) is 74.5 Å². The van der Waals surface area contributed by atoms with Crippen molar-refractivity contribution in [2.45, 2.75) is 26.2 Å². The predicted octanol–water partition coefficient (Wildman–Crippen LogP) is 4.14. The number of halogens is 2. The van der Waals surface area contributed by atoms with Crippen LogP contribution in [-0.2, 0) is 6.42 Å². The number of nitrogens with two attached hydrogens (primary N) is 1. The number of aromatic nitrogens is 2. The zero-order chi connectivity index (χ0) is 14.0. The molecule has 0 unspecified atom stereocenters. The largest absolute Gasteiger partial charge is 0.383 e. The van der Waals surface area contributed by atoms with E-state index >= 15 is 0 Å². The van der Waals surface area contributed by atoms with Gasteiger partial charge < -0.3 is 5.73 Å². The minimum absolute atomic E-state index is 0.348. The van der Waals surface area contributed by atoms with Gasteiger partial charge in [0, 0.05) is 10.9 Å². The molecule has 2 rings (SSSR count). The van der Waals surface area contributed by atoms with Crippen molar-refractivity contribution in [1.82, 2.24) is 9.97 Å². The first-order valence-corrected chi connectivity index (χ1v) is 7.90. The lowest BCUT2D eigenvalue weighted by Crippen LogP contribution is -2.09. The second kappa shape index (κ2) is 6.17. The van der Waals surface area contributed by atoms with Gasteiger partial charge in [-0.2, -0.15) is 0 Å². The quantitative estimate of drug-likeness (QED) is 0.743. The molecule has 100 valence electrons. The third kappa shape index (κ3) is 3.66. The van der Waals surface area contributed by atoms with E-state index in [-0.39, 0.29) is 0 Å². The average molecular weight is 432 g/mol. The summed E-state index contributed by atoms with van der Waals surface area (Å²) in [4.78, 5) is 9.02. The van der Waals surface area contributed by atoms with Crippen LogP contribution < -0.4 is 5.73 Å². The van der Waals surface area contributed by atoms with E-state index in [1.807, 2.05) is 12.1 Å². The molecule has 0 spiro atoms. The van der Waals surface area contributed by atoms with E-state index in [4.69, 9.17) is 5.73 Å². The summed E-state index contributed by atoms with van der Waals surface area (Å²) in [6.45, 7) is 4.24. The van der Waals surface area contributed by atoms with E-state index < -0.39 is 0 Å². The van der Waals surface area contributed by atoms with Crippen LogP contribution in [0.5, 0.6) is 0 Å². The van der Waals surface area contributed by atoms with Gasteiger partial charge in [0.05, 0.1) is 9.26 Å². The second-order valence-electron chi connectivity index (χ2n) is 4.68. The van der Waals surface area contributed by atoms with Crippen molar-refractivity contribution in [3.8, 4) is 0 Å². The Kier molecular flexibility index (Phi) is 4.78. The van der Waals surface area contributed by atoms with Gasteiger partial charge in [0.1, 0.15) is 11.6 Å². The van der Waals surface area contributed by atoms with E-state index in [0.29, 0.717) is 18.2 Å². The molecule has 0 aliphatic rings. The van der Waals surface area contributed by atoms with Crippen molar-refractivity contribution in [2.75, 3.05) is 5.73 Å². The molecule has 0 aliphatic heterocycles. The molecule has 19 heavy (non-hydrogen) atoms. The van der Waals surface area contributed by atoms with Crippen LogP contribution in [0.4, 0.5) is 5.82 Å². The van der Waals surface area contributed by atoms with Gasteiger partial charge in [-0.15, -0.1) is 0 Å². The van der Waals surface area contributed by atoms with Crippen molar-refractivity contribution in [3.63, 3.8) is 0 Å². The first-order valence-electron chi connectivity index (χ1n) is 6.03. The Balaban J connectivity index is 2.33. The van der Waals surface area contributed by atoms with Gasteiger partial charge >= 0.3 is 0 Å². The fraction of sp³-hybridized carbons (Fsp3) is 0.286. The number of nitrogen functional groups attached to an aromatic ring is 1. The van der Waals surface area contributed by atoms with Crippen molar-refractivity contribution in [2.24, 2.45) is 0 Å². The highest BCUT2D eigenvalue weighted by atomic mass is 127. The lowest BCUT2D eigenvalue weighted by atomic mass is 10.1. The second-order valence-corrected chi connectivity index (χ2v) is 6.68. The average Bonchev–Trinajstić information content (AvgIpc) is 2.36. The van der Waals surface area contributed by atoms with E-state index in [9.17, 15) is 0 Å². The molecule has 0 aliphatic carbocycles. The minimum Gasteiger partial charge on any atom is -0.383 e. The topological polar surface area (TPSA) is 51.8 Å². The van der Waals surface area contributed by atoms with E-state index in [1.165, 1.54) is 5.56 Å². The fourth-order valence-electron chi connectivity index (χ4n) is 1.78. The van der Waals surface area contributed by atoms with Crippen LogP contribution in [0.15, 0.2) is 28.7 Å². The summed E-state index contributed by atoms with van der Waals surface area (Å²) >= 11 is 5.65. The summed E-state index contributed by atoms with van der Waals surface area (Å²) in [6.07, 6.45) is 0.702. The molecular formula is C14H15BrIN3. The van der Waals surface area contributed by atoms with Crippen molar-refractivity contribution in [3.05, 3.63) is 49.4 Å². The first-order chi connectivity index (χ1) is 8.97. The standard InChI is InChI=1S/C14H15BrIN3/c1-8(2)13-12(16)14(17)19-11(18-13)7-9-3-5-10(15)6-4-9/h3-6,8H,7H2,1-2H3,(H2,17,18,19). The van der Waals surface area contributed by atoms with Gasteiger partial charge in [0.2, 0.25) is 0 Å². The summed E-state index contributed by atoms with van der Waals surface area (Å²) in [5.41, 5.74) is 8.18. The number of anilines is 1. The third-order valence-electron chi connectivity index (χ3n) is 2.77. The molecule has 0 fully saturated rings. The minimum atomic E-state index is 0.348. The van der Waals surface area contributed by atoms with Gasteiger partial charge in [-0.05, 0) is 46.2 Å². The molecule has 0 atom stereocenters. The number of nitrogens with zero attached hydrogens (tertiary/aromatic N) is 2. The summed E-state index contributed by atoms with van der Waals surface area (Å²) < 4.78 is 2.04. The molecule has 0 amide bonds. The molecule has 2 aromatic rings. The van der Waals surface area contributed by atoms with Crippen molar-refractivity contribution in [1.29, 1.82) is 0 Å².